The van der Waals surface area contributed by atoms with Gasteiger partial charge in [0, 0.05) is 24.3 Å². The van der Waals surface area contributed by atoms with Crippen molar-refractivity contribution in [1.29, 1.82) is 0 Å². The van der Waals surface area contributed by atoms with Gasteiger partial charge in [-0.3, -0.25) is 4.79 Å². The van der Waals surface area contributed by atoms with E-state index >= 15 is 0 Å². The molecule has 166 valence electrons. The molecule has 1 unspecified atom stereocenters. The van der Waals surface area contributed by atoms with E-state index in [0.29, 0.717) is 31.4 Å². The highest BCUT2D eigenvalue weighted by atomic mass is 32.2. The lowest BCUT2D eigenvalue weighted by atomic mass is 9.81. The summed E-state index contributed by atoms with van der Waals surface area (Å²) >= 11 is 0. The van der Waals surface area contributed by atoms with E-state index in [2.05, 4.69) is 16.6 Å². The summed E-state index contributed by atoms with van der Waals surface area (Å²) in [5.41, 5.74) is 2.25. The van der Waals surface area contributed by atoms with Crippen molar-refractivity contribution in [2.75, 3.05) is 26.0 Å². The highest BCUT2D eigenvalue weighted by Crippen LogP contribution is 2.39. The molecule has 2 bridgehead atoms. The molecule has 4 aliphatic rings. The van der Waals surface area contributed by atoms with Gasteiger partial charge in [-0.05, 0) is 63.0 Å². The first-order valence-electron chi connectivity index (χ1n) is 10.8. The van der Waals surface area contributed by atoms with Crippen molar-refractivity contribution in [3.05, 3.63) is 23.4 Å². The van der Waals surface area contributed by atoms with Gasteiger partial charge in [-0.25, -0.2) is 18.1 Å². The number of carbonyl (C=O) groups excluding carboxylic acids is 1. The third kappa shape index (κ3) is 4.78. The summed E-state index contributed by atoms with van der Waals surface area (Å²) in [6.45, 7) is 2.86. The Morgan fingerprint density at radius 3 is 2.70 bits per heavy atom. The molecule has 1 amide bonds. The number of hydrogen-bond acceptors (Lipinski definition) is 6. The maximum Gasteiger partial charge on any atom is 0.260 e. The number of rotatable bonds is 2. The molecule has 1 saturated heterocycles. The van der Waals surface area contributed by atoms with Crippen LogP contribution in [0.5, 0.6) is 5.88 Å². The number of aryl methyl sites for hydroxylation is 1. The van der Waals surface area contributed by atoms with Crippen LogP contribution in [0.1, 0.15) is 55.6 Å². The van der Waals surface area contributed by atoms with Gasteiger partial charge < -0.3 is 14.4 Å². The lowest BCUT2D eigenvalue weighted by Crippen LogP contribution is -2.59. The minimum atomic E-state index is -3.39. The van der Waals surface area contributed by atoms with E-state index in [0.717, 1.165) is 49.5 Å². The smallest absolute Gasteiger partial charge is 0.260 e. The lowest BCUT2D eigenvalue weighted by Gasteiger charge is -2.41. The van der Waals surface area contributed by atoms with Gasteiger partial charge in [0.05, 0.1) is 25.0 Å². The Kier molecular flexibility index (Phi) is 6.31. The van der Waals surface area contributed by atoms with Crippen LogP contribution >= 0.6 is 0 Å². The molecule has 1 N–H and O–H groups in total. The van der Waals surface area contributed by atoms with Crippen molar-refractivity contribution in [2.45, 2.75) is 69.6 Å². The van der Waals surface area contributed by atoms with E-state index < -0.39 is 10.0 Å². The first kappa shape index (κ1) is 21.5. The lowest BCUT2D eigenvalue weighted by molar-refractivity contribution is -0.140. The summed E-state index contributed by atoms with van der Waals surface area (Å²) in [4.78, 5) is 19.2. The Bertz CT molecular complexity index is 883. The Morgan fingerprint density at radius 2 is 1.97 bits per heavy atom. The number of piperidine rings is 1. The Morgan fingerprint density at radius 1 is 1.20 bits per heavy atom. The average Bonchev–Trinajstić information content (AvgIpc) is 2.71. The van der Waals surface area contributed by atoms with Crippen LogP contribution < -0.4 is 9.46 Å². The second kappa shape index (κ2) is 8.80. The monoisotopic (exact) mass is 437 g/mol. The molecule has 5 rings (SSSR count). The molecule has 2 fully saturated rings. The summed E-state index contributed by atoms with van der Waals surface area (Å²) in [5.74, 6) is 0.738. The van der Waals surface area contributed by atoms with E-state index in [1.165, 1.54) is 0 Å². The minimum absolute atomic E-state index is 0.109. The Labute approximate surface area is 178 Å². The molecule has 3 aliphatic heterocycles. The zero-order valence-electron chi connectivity index (χ0n) is 17.7. The average molecular weight is 438 g/mol. The number of fused-ring (bicyclic) bond motifs is 5. The molecule has 2 atom stereocenters. The fraction of sp³-hybridized carbons (Fsp3) is 0.714. The molecular formula is C21H31N3O5S. The quantitative estimate of drug-likeness (QED) is 0.757. The van der Waals surface area contributed by atoms with Gasteiger partial charge in [-0.2, -0.15) is 0 Å². The zero-order chi connectivity index (χ0) is 21.3. The maximum absolute atomic E-state index is 13.1. The van der Waals surface area contributed by atoms with Gasteiger partial charge in [0.25, 0.3) is 5.91 Å². The second-order valence-electron chi connectivity index (χ2n) is 8.74. The fourth-order valence-electron chi connectivity index (χ4n) is 5.11. The molecule has 4 heterocycles. The molecule has 1 aromatic heterocycles. The van der Waals surface area contributed by atoms with Crippen LogP contribution in [-0.2, 0) is 19.6 Å². The number of aromatic nitrogens is 1. The first-order valence-corrected chi connectivity index (χ1v) is 12.7. The number of nitrogens with one attached hydrogen (secondary N) is 1. The summed E-state index contributed by atoms with van der Waals surface area (Å²) < 4.78 is 38.7. The number of sulfonamides is 1. The third-order valence-electron chi connectivity index (χ3n) is 6.55. The molecule has 0 aromatic carbocycles. The maximum atomic E-state index is 13.1. The number of amides is 1. The minimum Gasteiger partial charge on any atom is -0.467 e. The fourth-order valence-corrected chi connectivity index (χ4v) is 5.93. The number of carbonyl (C=O) groups is 1. The molecule has 9 heteroatoms. The van der Waals surface area contributed by atoms with E-state index in [9.17, 15) is 13.2 Å². The number of pyridine rings is 1. The van der Waals surface area contributed by atoms with E-state index in [1.807, 2.05) is 6.07 Å². The molecule has 1 aliphatic carbocycles. The molecule has 1 saturated carbocycles. The van der Waals surface area contributed by atoms with Gasteiger partial charge >= 0.3 is 0 Å². The van der Waals surface area contributed by atoms with Gasteiger partial charge in [0.15, 0.2) is 6.61 Å². The Balaban J connectivity index is 1.63. The predicted octanol–water partition coefficient (Wildman–Crippen LogP) is 1.73. The zero-order valence-corrected chi connectivity index (χ0v) is 18.5. The topological polar surface area (TPSA) is 97.8 Å². The molecule has 30 heavy (non-hydrogen) atoms. The van der Waals surface area contributed by atoms with Crippen molar-refractivity contribution in [2.24, 2.45) is 0 Å². The summed E-state index contributed by atoms with van der Waals surface area (Å²) in [5, 5.41) is 0. The number of nitrogens with zero attached hydrogens (tertiary/aromatic N) is 2. The standard InChI is InChI=1S/C21H31N3O5S/c1-14-9-10-22-21-20(14)15-5-7-16(8-6-15)28-12-18-17(23-30(2,26)27)4-3-11-24(18)19(25)13-29-21/h9-10,15-18,23H,3-8,11-13H2,1-2H3/t15?,16?,17?,18-/m0/s1. The molecule has 0 spiro atoms. The second-order valence-corrected chi connectivity index (χ2v) is 10.5. The van der Waals surface area contributed by atoms with Crippen molar-refractivity contribution >= 4 is 15.9 Å². The Hall–Kier alpha value is -1.71. The van der Waals surface area contributed by atoms with E-state index in [4.69, 9.17) is 9.47 Å². The summed E-state index contributed by atoms with van der Waals surface area (Å²) in [6.07, 6.45) is 8.26. The number of hydrogen-bond donors (Lipinski definition) is 1. The van der Waals surface area contributed by atoms with Gasteiger partial charge in [0.2, 0.25) is 15.9 Å². The van der Waals surface area contributed by atoms with Crippen LogP contribution in [0.4, 0.5) is 0 Å². The van der Waals surface area contributed by atoms with Crippen molar-refractivity contribution in [1.82, 2.24) is 14.6 Å². The largest absolute Gasteiger partial charge is 0.467 e. The van der Waals surface area contributed by atoms with Crippen molar-refractivity contribution in [3.8, 4) is 5.88 Å². The highest BCUT2D eigenvalue weighted by Gasteiger charge is 2.38. The first-order chi connectivity index (χ1) is 14.3. The number of ether oxygens (including phenoxy) is 2. The molecule has 0 radical (unpaired) electrons. The predicted molar refractivity (Wildman–Crippen MR) is 112 cm³/mol. The van der Waals surface area contributed by atoms with E-state index in [1.54, 1.807) is 11.1 Å². The van der Waals surface area contributed by atoms with Crippen LogP contribution in [0.2, 0.25) is 0 Å². The van der Waals surface area contributed by atoms with Crippen LogP contribution in [0.3, 0.4) is 0 Å². The third-order valence-corrected chi connectivity index (χ3v) is 7.28. The summed E-state index contributed by atoms with van der Waals surface area (Å²) in [7, 11) is -3.39. The summed E-state index contributed by atoms with van der Waals surface area (Å²) in [6, 6.07) is 1.30. The van der Waals surface area contributed by atoms with Gasteiger partial charge in [-0.1, -0.05) is 0 Å². The molecular weight excluding hydrogens is 406 g/mol. The van der Waals surface area contributed by atoms with E-state index in [-0.39, 0.29) is 30.7 Å². The van der Waals surface area contributed by atoms with Crippen LogP contribution in [0, 0.1) is 6.92 Å². The van der Waals surface area contributed by atoms with Crippen LogP contribution in [-0.4, -0.2) is 68.4 Å². The normalized spacial score (nSPS) is 30.3. The van der Waals surface area contributed by atoms with Crippen molar-refractivity contribution < 1.29 is 22.7 Å². The van der Waals surface area contributed by atoms with Crippen LogP contribution in [0.15, 0.2) is 12.3 Å². The highest BCUT2D eigenvalue weighted by molar-refractivity contribution is 7.88. The van der Waals surface area contributed by atoms with Crippen molar-refractivity contribution in [3.63, 3.8) is 0 Å². The van der Waals surface area contributed by atoms with Crippen LogP contribution in [0.25, 0.3) is 0 Å². The SMILES string of the molecule is Cc1ccnc2c1C1CCC(CC1)OC[C@H]1C(NS(C)(=O)=O)CCCN1C(=O)CO2. The molecule has 8 nitrogen and oxygen atoms in total. The molecule has 1 aromatic rings. The van der Waals surface area contributed by atoms with Gasteiger partial charge in [0.1, 0.15) is 0 Å². The van der Waals surface area contributed by atoms with Gasteiger partial charge in [-0.15, -0.1) is 0 Å².